The Balaban J connectivity index is 1.59. The van der Waals surface area contributed by atoms with Gasteiger partial charge < -0.3 is 14.8 Å². The number of aromatic nitrogens is 4. The van der Waals surface area contributed by atoms with Gasteiger partial charge in [-0.15, -0.1) is 10.2 Å². The third kappa shape index (κ3) is 5.37. The van der Waals surface area contributed by atoms with Crippen molar-refractivity contribution in [2.75, 3.05) is 24.8 Å². The molecule has 0 spiro atoms. The van der Waals surface area contributed by atoms with E-state index in [9.17, 15) is 4.79 Å². The van der Waals surface area contributed by atoms with E-state index in [1.807, 2.05) is 73.0 Å². The van der Waals surface area contributed by atoms with E-state index in [1.165, 1.54) is 11.8 Å². The largest absolute Gasteiger partial charge is 0.495 e. The van der Waals surface area contributed by atoms with Crippen LogP contribution in [-0.2, 0) is 4.79 Å². The van der Waals surface area contributed by atoms with Crippen molar-refractivity contribution < 1.29 is 14.3 Å². The van der Waals surface area contributed by atoms with E-state index in [0.29, 0.717) is 29.0 Å². The van der Waals surface area contributed by atoms with Crippen LogP contribution in [0.25, 0.3) is 17.1 Å². The van der Waals surface area contributed by atoms with Gasteiger partial charge >= 0.3 is 0 Å². The minimum absolute atomic E-state index is 0.155. The number of carbonyl (C=O) groups excluding carboxylic acids is 1. The minimum Gasteiger partial charge on any atom is -0.495 e. The number of pyridine rings is 1. The number of amides is 1. The number of hydrogen-bond donors (Lipinski definition) is 1. The molecule has 0 aliphatic carbocycles. The smallest absolute Gasteiger partial charge is 0.234 e. The molecule has 8 nitrogen and oxygen atoms in total. The van der Waals surface area contributed by atoms with Crippen LogP contribution in [0.2, 0.25) is 0 Å². The average Bonchev–Trinajstić information content (AvgIpc) is 3.28. The van der Waals surface area contributed by atoms with E-state index in [4.69, 9.17) is 9.47 Å². The molecule has 4 aromatic rings. The minimum atomic E-state index is -0.166. The molecule has 4 rings (SSSR count). The number of thioether (sulfide) groups is 1. The van der Waals surface area contributed by atoms with E-state index in [0.717, 1.165) is 22.6 Å². The third-order valence-electron chi connectivity index (χ3n) is 4.94. The van der Waals surface area contributed by atoms with E-state index >= 15 is 0 Å². The third-order valence-corrected chi connectivity index (χ3v) is 5.87. The molecule has 34 heavy (non-hydrogen) atoms. The number of benzene rings is 2. The first-order valence-electron chi connectivity index (χ1n) is 10.8. The highest BCUT2D eigenvalue weighted by atomic mass is 32.2. The summed E-state index contributed by atoms with van der Waals surface area (Å²) in [6.07, 6.45) is 3.42. The zero-order chi connectivity index (χ0) is 23.9. The maximum atomic E-state index is 12.7. The summed E-state index contributed by atoms with van der Waals surface area (Å²) in [5.74, 6) is 2.05. The molecule has 9 heteroatoms. The van der Waals surface area contributed by atoms with E-state index in [2.05, 4.69) is 20.5 Å². The van der Waals surface area contributed by atoms with Crippen LogP contribution in [0.4, 0.5) is 5.69 Å². The Kier molecular flexibility index (Phi) is 7.44. The Morgan fingerprint density at radius 3 is 2.53 bits per heavy atom. The second-order valence-electron chi connectivity index (χ2n) is 7.34. The highest BCUT2D eigenvalue weighted by Gasteiger charge is 2.18. The van der Waals surface area contributed by atoms with E-state index in [-0.39, 0.29) is 11.7 Å². The van der Waals surface area contributed by atoms with Gasteiger partial charge in [0.15, 0.2) is 11.0 Å². The second-order valence-corrected chi connectivity index (χ2v) is 8.29. The van der Waals surface area contributed by atoms with Gasteiger partial charge in [0.05, 0.1) is 25.2 Å². The van der Waals surface area contributed by atoms with Gasteiger partial charge in [0.1, 0.15) is 11.5 Å². The number of aryl methyl sites for hydroxylation is 1. The van der Waals surface area contributed by atoms with Crippen molar-refractivity contribution in [2.24, 2.45) is 0 Å². The molecule has 2 heterocycles. The lowest BCUT2D eigenvalue weighted by Crippen LogP contribution is -2.15. The van der Waals surface area contributed by atoms with Crippen molar-refractivity contribution >= 4 is 23.4 Å². The fraction of sp³-hybridized carbons (Fsp3) is 0.200. The SMILES string of the molecule is CCOc1ccc(-n2c(SCC(=O)Nc3cc(C)ccc3OC)nnc2-c2ccncc2)cc1. The summed E-state index contributed by atoms with van der Waals surface area (Å²) in [6, 6.07) is 17.1. The van der Waals surface area contributed by atoms with Crippen LogP contribution in [0.3, 0.4) is 0 Å². The van der Waals surface area contributed by atoms with Crippen LogP contribution in [0.1, 0.15) is 12.5 Å². The molecule has 0 aliphatic rings. The summed E-state index contributed by atoms with van der Waals surface area (Å²) in [4.78, 5) is 16.8. The Morgan fingerprint density at radius 2 is 1.82 bits per heavy atom. The van der Waals surface area contributed by atoms with Crippen molar-refractivity contribution in [3.05, 3.63) is 72.6 Å². The zero-order valence-electron chi connectivity index (χ0n) is 19.2. The predicted molar refractivity (Wildman–Crippen MR) is 133 cm³/mol. The molecule has 0 bridgehead atoms. The summed E-state index contributed by atoms with van der Waals surface area (Å²) in [5.41, 5.74) is 3.40. The summed E-state index contributed by atoms with van der Waals surface area (Å²) < 4.78 is 12.9. The maximum Gasteiger partial charge on any atom is 0.234 e. The van der Waals surface area contributed by atoms with Crippen LogP contribution in [0.5, 0.6) is 11.5 Å². The van der Waals surface area contributed by atoms with Crippen molar-refractivity contribution in [1.29, 1.82) is 0 Å². The molecule has 0 saturated heterocycles. The van der Waals surface area contributed by atoms with Crippen molar-refractivity contribution in [1.82, 2.24) is 19.7 Å². The average molecular weight is 476 g/mol. The first-order valence-corrected chi connectivity index (χ1v) is 11.7. The van der Waals surface area contributed by atoms with Gasteiger partial charge in [-0.25, -0.2) is 0 Å². The number of hydrogen-bond acceptors (Lipinski definition) is 7. The topological polar surface area (TPSA) is 91.2 Å². The van der Waals surface area contributed by atoms with E-state index < -0.39 is 0 Å². The number of rotatable bonds is 9. The predicted octanol–water partition coefficient (Wildman–Crippen LogP) is 4.78. The fourth-order valence-corrected chi connectivity index (χ4v) is 4.13. The standard InChI is InChI=1S/C25H25N5O3S/c1-4-33-20-8-6-19(7-9-20)30-24(18-11-13-26-14-12-18)28-29-25(30)34-16-23(31)27-21-15-17(2)5-10-22(21)32-3/h5-15H,4,16H2,1-3H3,(H,27,31). The Hall–Kier alpha value is -3.85. The van der Waals surface area contributed by atoms with Crippen molar-refractivity contribution in [3.63, 3.8) is 0 Å². The van der Waals surface area contributed by atoms with Gasteiger partial charge in [0.25, 0.3) is 0 Å². The number of anilines is 1. The maximum absolute atomic E-state index is 12.7. The first-order chi connectivity index (χ1) is 16.6. The number of methoxy groups -OCH3 is 1. The Morgan fingerprint density at radius 1 is 1.06 bits per heavy atom. The molecule has 0 atom stereocenters. The van der Waals surface area contributed by atoms with Gasteiger partial charge in [-0.05, 0) is 67.9 Å². The Bertz CT molecular complexity index is 1260. The lowest BCUT2D eigenvalue weighted by molar-refractivity contribution is -0.113. The second kappa shape index (κ2) is 10.8. The molecule has 0 radical (unpaired) electrons. The van der Waals surface area contributed by atoms with Crippen LogP contribution in [-0.4, -0.2) is 45.1 Å². The highest BCUT2D eigenvalue weighted by molar-refractivity contribution is 7.99. The zero-order valence-corrected chi connectivity index (χ0v) is 20.0. The first kappa shape index (κ1) is 23.3. The molecule has 0 fully saturated rings. The molecule has 1 N–H and O–H groups in total. The number of carbonyl (C=O) groups is 1. The lowest BCUT2D eigenvalue weighted by atomic mass is 10.2. The molecule has 1 amide bonds. The lowest BCUT2D eigenvalue weighted by Gasteiger charge is -2.12. The molecule has 174 valence electrons. The fourth-order valence-electron chi connectivity index (χ4n) is 3.38. The van der Waals surface area contributed by atoms with E-state index in [1.54, 1.807) is 19.5 Å². The monoisotopic (exact) mass is 475 g/mol. The Labute approximate surface area is 202 Å². The molecule has 0 aliphatic heterocycles. The molecule has 0 unspecified atom stereocenters. The summed E-state index contributed by atoms with van der Waals surface area (Å²) >= 11 is 1.31. The number of nitrogens with zero attached hydrogens (tertiary/aromatic N) is 4. The van der Waals surface area contributed by atoms with Crippen LogP contribution >= 0.6 is 11.8 Å². The van der Waals surface area contributed by atoms with Crippen LogP contribution < -0.4 is 14.8 Å². The van der Waals surface area contributed by atoms with Gasteiger partial charge in [-0.3, -0.25) is 14.3 Å². The summed E-state index contributed by atoms with van der Waals surface area (Å²) in [6.45, 7) is 4.50. The van der Waals surface area contributed by atoms with Crippen LogP contribution in [0, 0.1) is 6.92 Å². The summed E-state index contributed by atoms with van der Waals surface area (Å²) in [7, 11) is 1.58. The normalized spacial score (nSPS) is 10.7. The molecular formula is C25H25N5O3S. The molecule has 2 aromatic heterocycles. The molecule has 2 aromatic carbocycles. The van der Waals surface area contributed by atoms with Crippen LogP contribution in [0.15, 0.2) is 72.1 Å². The number of ether oxygens (including phenoxy) is 2. The molecule has 0 saturated carbocycles. The molecular weight excluding hydrogens is 450 g/mol. The van der Waals surface area contributed by atoms with Crippen molar-refractivity contribution in [3.8, 4) is 28.6 Å². The summed E-state index contributed by atoms with van der Waals surface area (Å²) in [5, 5.41) is 12.3. The highest BCUT2D eigenvalue weighted by Crippen LogP contribution is 2.30. The quantitative estimate of drug-likeness (QED) is 0.349. The van der Waals surface area contributed by atoms with Gasteiger partial charge in [0.2, 0.25) is 5.91 Å². The number of nitrogens with one attached hydrogen (secondary N) is 1. The van der Waals surface area contributed by atoms with Gasteiger partial charge in [-0.1, -0.05) is 17.8 Å². The van der Waals surface area contributed by atoms with Gasteiger partial charge in [-0.2, -0.15) is 0 Å². The van der Waals surface area contributed by atoms with Crippen molar-refractivity contribution in [2.45, 2.75) is 19.0 Å². The van der Waals surface area contributed by atoms with Gasteiger partial charge in [0, 0.05) is 23.6 Å².